The number of carbonyl (C=O) groups excluding carboxylic acids is 1. The molecule has 1 saturated heterocycles. The first kappa shape index (κ1) is 16.7. The van der Waals surface area contributed by atoms with E-state index in [2.05, 4.69) is 24.5 Å². The van der Waals surface area contributed by atoms with Gasteiger partial charge in [0, 0.05) is 12.6 Å². The van der Waals surface area contributed by atoms with E-state index >= 15 is 0 Å². The Hall–Kier alpha value is -0.320. The lowest BCUT2D eigenvalue weighted by Crippen LogP contribution is -2.58. The van der Waals surface area contributed by atoms with Crippen LogP contribution in [0.4, 0.5) is 0 Å². The highest BCUT2D eigenvalue weighted by Gasteiger charge is 2.33. The quantitative estimate of drug-likeness (QED) is 0.814. The van der Waals surface area contributed by atoms with Crippen molar-refractivity contribution in [3.05, 3.63) is 0 Å². The Labute approximate surface area is 122 Å². The van der Waals surface area contributed by atoms with Crippen molar-refractivity contribution in [1.29, 1.82) is 0 Å². The van der Waals surface area contributed by atoms with E-state index < -0.39 is 0 Å². The summed E-state index contributed by atoms with van der Waals surface area (Å²) in [5, 5.41) is 6.46. The minimum absolute atomic E-state index is 0. The summed E-state index contributed by atoms with van der Waals surface area (Å²) in [4.78, 5) is 12.3. The van der Waals surface area contributed by atoms with Crippen molar-refractivity contribution in [2.45, 2.75) is 58.2 Å². The highest BCUT2D eigenvalue weighted by Crippen LogP contribution is 2.29. The number of carbonyl (C=O) groups is 1. The van der Waals surface area contributed by atoms with Crippen LogP contribution in [0, 0.1) is 11.8 Å². The zero-order chi connectivity index (χ0) is 13.1. The molecule has 112 valence electrons. The molecule has 1 saturated carbocycles. The predicted molar refractivity (Wildman–Crippen MR) is 78.6 cm³/mol. The van der Waals surface area contributed by atoms with Crippen LogP contribution >= 0.6 is 12.4 Å². The van der Waals surface area contributed by atoms with Gasteiger partial charge >= 0.3 is 0 Å². The highest BCUT2D eigenvalue weighted by molar-refractivity contribution is 5.85. The van der Waals surface area contributed by atoms with Gasteiger partial charge in [0.2, 0.25) is 5.91 Å². The maximum Gasteiger partial charge on any atom is 0.240 e. The van der Waals surface area contributed by atoms with E-state index in [0.717, 1.165) is 13.0 Å². The zero-order valence-electron chi connectivity index (χ0n) is 12.1. The molecule has 1 heterocycles. The van der Waals surface area contributed by atoms with Gasteiger partial charge in [-0.05, 0) is 25.2 Å². The summed E-state index contributed by atoms with van der Waals surface area (Å²) in [6.07, 6.45) is 3.59. The third-order valence-electron chi connectivity index (χ3n) is 4.63. The molecule has 2 N–H and O–H groups in total. The van der Waals surface area contributed by atoms with Crippen molar-refractivity contribution in [3.8, 4) is 0 Å². The second kappa shape index (κ2) is 7.46. The van der Waals surface area contributed by atoms with Crippen LogP contribution in [0.15, 0.2) is 0 Å². The molecule has 2 fully saturated rings. The first-order chi connectivity index (χ1) is 8.59. The molecule has 1 amide bonds. The number of hydrogen-bond acceptors (Lipinski definition) is 3. The number of amides is 1. The molecule has 0 aromatic rings. The summed E-state index contributed by atoms with van der Waals surface area (Å²) in [6.45, 7) is 7.96. The molecule has 0 radical (unpaired) electrons. The van der Waals surface area contributed by atoms with Crippen LogP contribution < -0.4 is 10.6 Å². The fourth-order valence-electron chi connectivity index (χ4n) is 3.09. The maximum atomic E-state index is 12.3. The molecule has 2 aliphatic rings. The number of morpholine rings is 1. The normalized spacial score (nSPS) is 39.2. The summed E-state index contributed by atoms with van der Waals surface area (Å²) in [5.41, 5.74) is 0. The molecule has 19 heavy (non-hydrogen) atoms. The molecule has 1 aliphatic carbocycles. The van der Waals surface area contributed by atoms with Crippen LogP contribution in [0.1, 0.15) is 40.0 Å². The van der Waals surface area contributed by atoms with Gasteiger partial charge in [0.1, 0.15) is 6.04 Å². The van der Waals surface area contributed by atoms with Crippen LogP contribution in [-0.2, 0) is 9.53 Å². The lowest BCUT2D eigenvalue weighted by Gasteiger charge is -2.37. The molecule has 1 aliphatic heterocycles. The second-order valence-electron chi connectivity index (χ2n) is 5.89. The van der Waals surface area contributed by atoms with Gasteiger partial charge in [-0.2, -0.15) is 0 Å². The molecule has 0 spiro atoms. The van der Waals surface area contributed by atoms with Crippen LogP contribution in [-0.4, -0.2) is 37.2 Å². The third kappa shape index (κ3) is 4.07. The fourth-order valence-corrected chi connectivity index (χ4v) is 3.09. The molecule has 2 rings (SSSR count). The first-order valence-electron chi connectivity index (χ1n) is 7.25. The van der Waals surface area contributed by atoms with Crippen molar-refractivity contribution in [2.75, 3.05) is 13.2 Å². The van der Waals surface area contributed by atoms with Crippen molar-refractivity contribution in [1.82, 2.24) is 10.6 Å². The van der Waals surface area contributed by atoms with Crippen molar-refractivity contribution >= 4 is 18.3 Å². The Morgan fingerprint density at radius 3 is 2.68 bits per heavy atom. The Balaban J connectivity index is 0.00000180. The zero-order valence-corrected chi connectivity index (χ0v) is 13.0. The average Bonchev–Trinajstić information content (AvgIpc) is 2.35. The van der Waals surface area contributed by atoms with Crippen LogP contribution in [0.2, 0.25) is 0 Å². The highest BCUT2D eigenvalue weighted by atomic mass is 35.5. The molecule has 5 atom stereocenters. The van der Waals surface area contributed by atoms with E-state index in [1.54, 1.807) is 0 Å². The first-order valence-corrected chi connectivity index (χ1v) is 7.25. The van der Waals surface area contributed by atoms with Gasteiger partial charge in [-0.15, -0.1) is 12.4 Å². The number of nitrogens with one attached hydrogen (secondary N) is 2. The van der Waals surface area contributed by atoms with Crippen molar-refractivity contribution in [2.24, 2.45) is 11.8 Å². The number of rotatable bonds is 2. The second-order valence-corrected chi connectivity index (χ2v) is 5.89. The smallest absolute Gasteiger partial charge is 0.240 e. The SMILES string of the molecule is CC1CCCC(NC(=O)[C@H]2NCCO[C@@H]2C)C1C.Cl. The lowest BCUT2D eigenvalue weighted by atomic mass is 9.78. The fraction of sp³-hybridized carbons (Fsp3) is 0.929. The molecular formula is C14H27ClN2O2. The maximum absolute atomic E-state index is 12.3. The Morgan fingerprint density at radius 1 is 1.26 bits per heavy atom. The van der Waals surface area contributed by atoms with E-state index in [0.29, 0.717) is 24.5 Å². The van der Waals surface area contributed by atoms with E-state index in [1.807, 2.05) is 6.92 Å². The Morgan fingerprint density at radius 2 is 2.00 bits per heavy atom. The average molecular weight is 291 g/mol. The minimum atomic E-state index is -0.191. The summed E-state index contributed by atoms with van der Waals surface area (Å²) < 4.78 is 5.53. The Kier molecular flexibility index (Phi) is 6.57. The minimum Gasteiger partial charge on any atom is -0.375 e. The summed E-state index contributed by atoms with van der Waals surface area (Å²) in [5.74, 6) is 1.38. The van der Waals surface area contributed by atoms with Crippen LogP contribution in [0.5, 0.6) is 0 Å². The van der Waals surface area contributed by atoms with Gasteiger partial charge in [-0.3, -0.25) is 4.79 Å². The topological polar surface area (TPSA) is 50.4 Å². The van der Waals surface area contributed by atoms with Gasteiger partial charge in [0.05, 0.1) is 12.7 Å². The molecule has 5 heteroatoms. The van der Waals surface area contributed by atoms with Crippen LogP contribution in [0.3, 0.4) is 0 Å². The summed E-state index contributed by atoms with van der Waals surface area (Å²) in [7, 11) is 0. The summed E-state index contributed by atoms with van der Waals surface area (Å²) >= 11 is 0. The van der Waals surface area contributed by atoms with Crippen LogP contribution in [0.25, 0.3) is 0 Å². The molecule has 0 bridgehead atoms. The molecule has 0 aromatic heterocycles. The van der Waals surface area contributed by atoms with E-state index in [1.165, 1.54) is 12.8 Å². The third-order valence-corrected chi connectivity index (χ3v) is 4.63. The van der Waals surface area contributed by atoms with E-state index in [4.69, 9.17) is 4.74 Å². The van der Waals surface area contributed by atoms with Crippen molar-refractivity contribution in [3.63, 3.8) is 0 Å². The van der Waals surface area contributed by atoms with Gasteiger partial charge in [-0.25, -0.2) is 0 Å². The van der Waals surface area contributed by atoms with Gasteiger partial charge < -0.3 is 15.4 Å². The number of ether oxygens (including phenoxy) is 1. The van der Waals surface area contributed by atoms with E-state index in [-0.39, 0.29) is 30.5 Å². The van der Waals surface area contributed by atoms with Crippen molar-refractivity contribution < 1.29 is 9.53 Å². The Bertz CT molecular complexity index is 301. The molecule has 0 aromatic carbocycles. The molecular weight excluding hydrogens is 264 g/mol. The number of hydrogen-bond donors (Lipinski definition) is 2. The van der Waals surface area contributed by atoms with E-state index in [9.17, 15) is 4.79 Å². The van der Waals surface area contributed by atoms with Gasteiger partial charge in [0.15, 0.2) is 0 Å². The largest absolute Gasteiger partial charge is 0.375 e. The predicted octanol–water partition coefficient (Wildman–Crippen LogP) is 1.73. The standard InChI is InChI=1S/C14H26N2O2.ClH/c1-9-5-4-6-12(10(9)2)16-14(17)13-11(3)18-8-7-15-13;/h9-13,15H,4-8H2,1-3H3,(H,16,17);1H/t9?,10?,11-,12?,13+;/m1./s1. The van der Waals surface area contributed by atoms with Gasteiger partial charge in [-0.1, -0.05) is 26.7 Å². The lowest BCUT2D eigenvalue weighted by molar-refractivity contribution is -0.130. The summed E-state index contributed by atoms with van der Waals surface area (Å²) in [6, 6.07) is 0.139. The van der Waals surface area contributed by atoms with Gasteiger partial charge in [0.25, 0.3) is 0 Å². The molecule has 3 unspecified atom stereocenters. The monoisotopic (exact) mass is 290 g/mol. The molecule has 4 nitrogen and oxygen atoms in total. The number of halogens is 1.